The number of ether oxygens (including phenoxy) is 6. The van der Waals surface area contributed by atoms with Gasteiger partial charge < -0.3 is 33.5 Å². The zero-order valence-electron chi connectivity index (χ0n) is 13.6. The van der Waals surface area contributed by atoms with E-state index in [1.807, 2.05) is 0 Å². The first-order chi connectivity index (χ1) is 11.3. The Balaban J connectivity index is 2.97. The van der Waals surface area contributed by atoms with Crippen LogP contribution in [0.4, 0.5) is 0 Å². The summed E-state index contributed by atoms with van der Waals surface area (Å²) in [5.41, 5.74) is 0. The van der Waals surface area contributed by atoms with Crippen molar-refractivity contribution in [2.45, 2.75) is 6.42 Å². The molecule has 0 aromatic heterocycles. The van der Waals surface area contributed by atoms with Gasteiger partial charge >= 0.3 is 5.97 Å². The molecule has 8 nitrogen and oxygen atoms in total. The third-order valence-electron chi connectivity index (χ3n) is 2.41. The summed E-state index contributed by atoms with van der Waals surface area (Å²) in [6, 6.07) is 0. The Morgan fingerprint density at radius 1 is 0.696 bits per heavy atom. The van der Waals surface area contributed by atoms with Crippen LogP contribution in [0.5, 0.6) is 0 Å². The molecular weight excluding hydrogens is 308 g/mol. The molecule has 23 heavy (non-hydrogen) atoms. The number of hydrogen-bond donors (Lipinski definition) is 1. The van der Waals surface area contributed by atoms with E-state index in [9.17, 15) is 4.79 Å². The van der Waals surface area contributed by atoms with E-state index >= 15 is 0 Å². The molecule has 0 unspecified atom stereocenters. The Bertz CT molecular complexity index is 272. The van der Waals surface area contributed by atoms with Crippen molar-refractivity contribution in [2.24, 2.45) is 0 Å². The molecule has 0 aliphatic heterocycles. The van der Waals surface area contributed by atoms with E-state index < -0.39 is 5.97 Å². The van der Waals surface area contributed by atoms with Gasteiger partial charge in [0.1, 0.15) is 6.61 Å². The van der Waals surface area contributed by atoms with Gasteiger partial charge in [0.25, 0.3) is 0 Å². The lowest BCUT2D eigenvalue weighted by Crippen LogP contribution is -2.14. The van der Waals surface area contributed by atoms with Crippen molar-refractivity contribution in [3.05, 3.63) is 12.8 Å². The van der Waals surface area contributed by atoms with Gasteiger partial charge in [0.15, 0.2) is 0 Å². The topological polar surface area (TPSA) is 92.7 Å². The molecule has 0 aromatic rings. The molecule has 0 spiro atoms. The van der Waals surface area contributed by atoms with Gasteiger partial charge in [0.2, 0.25) is 0 Å². The van der Waals surface area contributed by atoms with Crippen LogP contribution < -0.4 is 0 Å². The normalized spacial score (nSPS) is 10.6. The summed E-state index contributed by atoms with van der Waals surface area (Å²) in [5, 5.41) is 8.40. The molecule has 0 aliphatic carbocycles. The van der Waals surface area contributed by atoms with Gasteiger partial charge in [-0.2, -0.15) is 0 Å². The van der Waals surface area contributed by atoms with Crippen molar-refractivity contribution in [2.75, 3.05) is 72.7 Å². The second-order valence-electron chi connectivity index (χ2n) is 4.24. The SMILES string of the molecule is C=COCCOCCOCCOCCOCCOCCC(=O)O. The maximum Gasteiger partial charge on any atom is 0.305 e. The first kappa shape index (κ1) is 21.8. The molecule has 0 saturated heterocycles. The lowest BCUT2D eigenvalue weighted by molar-refractivity contribution is -0.138. The first-order valence-electron chi connectivity index (χ1n) is 7.60. The molecule has 0 fully saturated rings. The monoisotopic (exact) mass is 336 g/mol. The van der Waals surface area contributed by atoms with Crippen molar-refractivity contribution in [1.29, 1.82) is 0 Å². The average Bonchev–Trinajstić information content (AvgIpc) is 2.53. The molecule has 0 atom stereocenters. The summed E-state index contributed by atoms with van der Waals surface area (Å²) in [6.07, 6.45) is 1.39. The maximum absolute atomic E-state index is 10.2. The Hall–Kier alpha value is -1.19. The summed E-state index contributed by atoms with van der Waals surface area (Å²) in [4.78, 5) is 10.2. The first-order valence-corrected chi connectivity index (χ1v) is 7.60. The van der Waals surface area contributed by atoms with Crippen LogP contribution in [-0.4, -0.2) is 83.8 Å². The number of rotatable bonds is 19. The summed E-state index contributed by atoms with van der Waals surface area (Å²) >= 11 is 0. The highest BCUT2D eigenvalue weighted by Crippen LogP contribution is 1.86. The van der Waals surface area contributed by atoms with Crippen LogP contribution >= 0.6 is 0 Å². The predicted octanol–water partition coefficient (Wildman–Crippen LogP) is 0.704. The van der Waals surface area contributed by atoms with Crippen LogP contribution in [-0.2, 0) is 33.2 Å². The predicted molar refractivity (Wildman–Crippen MR) is 82.5 cm³/mol. The minimum Gasteiger partial charge on any atom is -0.499 e. The van der Waals surface area contributed by atoms with Crippen LogP contribution in [0.25, 0.3) is 0 Å². The molecule has 136 valence electrons. The highest BCUT2D eigenvalue weighted by atomic mass is 16.6. The number of aliphatic carboxylic acids is 1. The standard InChI is InChI=1S/C15H28O8/c1-2-18-5-6-20-9-10-22-13-14-23-12-11-21-8-7-19-4-3-15(16)17/h2H,1,3-14H2,(H,16,17). The summed E-state index contributed by atoms with van der Waals surface area (Å²) in [6.45, 7) is 8.44. The van der Waals surface area contributed by atoms with Crippen molar-refractivity contribution < 1.29 is 38.3 Å². The Morgan fingerprint density at radius 2 is 1.04 bits per heavy atom. The molecule has 0 aliphatic rings. The summed E-state index contributed by atoms with van der Waals surface area (Å²) in [7, 11) is 0. The van der Waals surface area contributed by atoms with Gasteiger partial charge in [-0.05, 0) is 0 Å². The maximum atomic E-state index is 10.2. The molecule has 0 amide bonds. The van der Waals surface area contributed by atoms with Crippen LogP contribution in [0.2, 0.25) is 0 Å². The highest BCUT2D eigenvalue weighted by Gasteiger charge is 1.96. The smallest absolute Gasteiger partial charge is 0.305 e. The highest BCUT2D eigenvalue weighted by molar-refractivity contribution is 5.66. The van der Waals surface area contributed by atoms with E-state index in [2.05, 4.69) is 6.58 Å². The molecule has 0 heterocycles. The van der Waals surface area contributed by atoms with Gasteiger partial charge in [0, 0.05) is 0 Å². The number of carbonyl (C=O) groups is 1. The lowest BCUT2D eigenvalue weighted by atomic mass is 10.5. The van der Waals surface area contributed by atoms with Crippen LogP contribution in [0.15, 0.2) is 12.8 Å². The van der Waals surface area contributed by atoms with Gasteiger partial charge in [-0.15, -0.1) is 0 Å². The Labute approximate surface area is 137 Å². The van der Waals surface area contributed by atoms with E-state index in [1.165, 1.54) is 6.26 Å². The van der Waals surface area contributed by atoms with Crippen molar-refractivity contribution in [1.82, 2.24) is 0 Å². The van der Waals surface area contributed by atoms with E-state index in [1.54, 1.807) is 0 Å². The van der Waals surface area contributed by atoms with Gasteiger partial charge in [-0.1, -0.05) is 6.58 Å². The van der Waals surface area contributed by atoms with Crippen molar-refractivity contribution in [3.8, 4) is 0 Å². The van der Waals surface area contributed by atoms with E-state index in [0.29, 0.717) is 66.1 Å². The fraction of sp³-hybridized carbons (Fsp3) is 0.800. The van der Waals surface area contributed by atoms with Crippen molar-refractivity contribution in [3.63, 3.8) is 0 Å². The van der Waals surface area contributed by atoms with E-state index in [0.717, 1.165) is 0 Å². The quantitative estimate of drug-likeness (QED) is 0.272. The molecule has 0 radical (unpaired) electrons. The fourth-order valence-electron chi connectivity index (χ4n) is 1.33. The van der Waals surface area contributed by atoms with Gasteiger partial charge in [-0.25, -0.2) is 0 Å². The van der Waals surface area contributed by atoms with Gasteiger partial charge in [0.05, 0.1) is 78.8 Å². The largest absolute Gasteiger partial charge is 0.499 e. The zero-order valence-corrected chi connectivity index (χ0v) is 13.6. The zero-order chi connectivity index (χ0) is 17.0. The third kappa shape index (κ3) is 20.8. The second kappa shape index (κ2) is 18.9. The molecule has 1 N–H and O–H groups in total. The third-order valence-corrected chi connectivity index (χ3v) is 2.41. The molecule has 0 rings (SSSR count). The average molecular weight is 336 g/mol. The molecular formula is C15H28O8. The number of carboxylic acids is 1. The minimum atomic E-state index is -0.866. The van der Waals surface area contributed by atoms with Gasteiger partial charge in [-0.3, -0.25) is 4.79 Å². The number of carboxylic acid groups (broad SMARTS) is 1. The molecule has 0 bridgehead atoms. The fourth-order valence-corrected chi connectivity index (χ4v) is 1.33. The van der Waals surface area contributed by atoms with E-state index in [-0.39, 0.29) is 13.0 Å². The Kier molecular flexibility index (Phi) is 17.9. The molecule has 0 aromatic carbocycles. The van der Waals surface area contributed by atoms with Crippen molar-refractivity contribution >= 4 is 5.97 Å². The number of hydrogen-bond acceptors (Lipinski definition) is 7. The second-order valence-corrected chi connectivity index (χ2v) is 4.24. The minimum absolute atomic E-state index is 0.0107. The van der Waals surface area contributed by atoms with Crippen LogP contribution in [0, 0.1) is 0 Å². The van der Waals surface area contributed by atoms with Crippen LogP contribution in [0.3, 0.4) is 0 Å². The molecule has 0 saturated carbocycles. The summed E-state index contributed by atoms with van der Waals surface area (Å²) in [5.74, 6) is -0.866. The Morgan fingerprint density at radius 3 is 1.39 bits per heavy atom. The van der Waals surface area contributed by atoms with Crippen LogP contribution in [0.1, 0.15) is 6.42 Å². The molecule has 8 heteroatoms. The lowest BCUT2D eigenvalue weighted by Gasteiger charge is -2.07. The summed E-state index contributed by atoms with van der Waals surface area (Å²) < 4.78 is 31.1. The van der Waals surface area contributed by atoms with E-state index in [4.69, 9.17) is 33.5 Å².